The fourth-order valence-electron chi connectivity index (χ4n) is 1.53. The van der Waals surface area contributed by atoms with Crippen LogP contribution in [-0.2, 0) is 12.8 Å². The van der Waals surface area contributed by atoms with Gasteiger partial charge < -0.3 is 0 Å². The minimum atomic E-state index is 1.19. The minimum absolute atomic E-state index is 1.19. The molecule has 1 aromatic heterocycles. The molecule has 1 aromatic rings. The van der Waals surface area contributed by atoms with Gasteiger partial charge in [0, 0.05) is 0 Å². The van der Waals surface area contributed by atoms with Gasteiger partial charge in [0.1, 0.15) is 0 Å². The number of thiophene rings is 1. The number of rotatable bonds is 0. The van der Waals surface area contributed by atoms with Crippen LogP contribution >= 0.6 is 11.3 Å². The summed E-state index contributed by atoms with van der Waals surface area (Å²) in [5.74, 6) is 0. The second-order valence-corrected chi connectivity index (χ2v) is 4.08. The van der Waals surface area contributed by atoms with Crippen LogP contribution in [0.25, 0.3) is 0 Å². The quantitative estimate of drug-likeness (QED) is 0.517. The summed E-state index contributed by atoms with van der Waals surface area (Å²) in [4.78, 5) is 0. The van der Waals surface area contributed by atoms with Crippen molar-refractivity contribution in [3.63, 3.8) is 0 Å². The normalized spacial score (nSPS) is 16.9. The van der Waals surface area contributed by atoms with Gasteiger partial charge >= 0.3 is 0 Å². The molecule has 0 nitrogen and oxygen atoms in total. The molecule has 0 N–H and O–H groups in total. The maximum Gasteiger partial charge on any atom is -0.00550 e. The third-order valence-electron chi connectivity index (χ3n) is 2.47. The lowest BCUT2D eigenvalue weighted by Crippen LogP contribution is -2.02. The van der Waals surface area contributed by atoms with Crippen LogP contribution in [-0.4, -0.2) is 0 Å². The van der Waals surface area contributed by atoms with Gasteiger partial charge in [-0.15, -0.1) is 0 Å². The Hall–Kier alpha value is -0.560. The average molecular weight is 164 g/mol. The summed E-state index contributed by atoms with van der Waals surface area (Å²) < 4.78 is 0. The first-order chi connectivity index (χ1) is 5.27. The second kappa shape index (κ2) is 2.49. The molecule has 0 atom stereocenters. The summed E-state index contributed by atoms with van der Waals surface area (Å²) >= 11 is 1.83. The van der Waals surface area contributed by atoms with Crippen LogP contribution in [0.3, 0.4) is 0 Å². The molecule has 58 valence electrons. The molecule has 1 heteroatoms. The first kappa shape index (κ1) is 7.11. The lowest BCUT2D eigenvalue weighted by Gasteiger charge is -2.14. The van der Waals surface area contributed by atoms with E-state index in [0.29, 0.717) is 0 Å². The van der Waals surface area contributed by atoms with E-state index in [0.717, 1.165) is 0 Å². The summed E-state index contributed by atoms with van der Waals surface area (Å²) in [6, 6.07) is 0. The largest absolute Gasteiger partial charge is 0.152 e. The first-order valence-electron chi connectivity index (χ1n) is 3.96. The van der Waals surface area contributed by atoms with Crippen LogP contribution in [0, 0.1) is 0 Å². The zero-order chi connectivity index (χ0) is 7.84. The zero-order valence-corrected chi connectivity index (χ0v) is 7.79. The lowest BCUT2D eigenvalue weighted by molar-refractivity contribution is 0.963. The highest BCUT2D eigenvalue weighted by atomic mass is 32.1. The van der Waals surface area contributed by atoms with Crippen molar-refractivity contribution in [1.82, 2.24) is 0 Å². The van der Waals surface area contributed by atoms with Gasteiger partial charge in [0.15, 0.2) is 0 Å². The molecular formula is C10H12S. The van der Waals surface area contributed by atoms with E-state index < -0.39 is 0 Å². The Morgan fingerprint density at radius 3 is 1.91 bits per heavy atom. The molecule has 0 fully saturated rings. The zero-order valence-electron chi connectivity index (χ0n) is 6.98. The molecule has 1 aliphatic carbocycles. The molecule has 2 rings (SSSR count). The van der Waals surface area contributed by atoms with Gasteiger partial charge in [-0.1, -0.05) is 11.1 Å². The summed E-state index contributed by atoms with van der Waals surface area (Å²) in [5.41, 5.74) is 6.24. The van der Waals surface area contributed by atoms with Crippen molar-refractivity contribution in [3.8, 4) is 0 Å². The van der Waals surface area contributed by atoms with E-state index in [-0.39, 0.29) is 0 Å². The molecule has 0 aromatic carbocycles. The highest BCUT2D eigenvalue weighted by molar-refractivity contribution is 7.08. The Bertz CT molecular complexity index is 276. The van der Waals surface area contributed by atoms with Gasteiger partial charge in [0.25, 0.3) is 0 Å². The van der Waals surface area contributed by atoms with Gasteiger partial charge in [0.05, 0.1) is 0 Å². The topological polar surface area (TPSA) is 0 Å². The number of hydrogen-bond donors (Lipinski definition) is 0. The van der Waals surface area contributed by atoms with Crippen LogP contribution in [0.2, 0.25) is 0 Å². The van der Waals surface area contributed by atoms with Crippen LogP contribution in [0.5, 0.6) is 0 Å². The highest BCUT2D eigenvalue weighted by Crippen LogP contribution is 2.27. The number of allylic oxidation sites excluding steroid dienone is 2. The number of fused-ring (bicyclic) bond motifs is 1. The van der Waals surface area contributed by atoms with E-state index in [4.69, 9.17) is 0 Å². The van der Waals surface area contributed by atoms with Gasteiger partial charge in [0.2, 0.25) is 0 Å². The molecule has 1 heterocycles. The summed E-state index contributed by atoms with van der Waals surface area (Å²) in [6.45, 7) is 4.49. The molecule has 0 aliphatic heterocycles. The molecule has 0 spiro atoms. The second-order valence-electron chi connectivity index (χ2n) is 3.34. The van der Waals surface area contributed by atoms with Crippen molar-refractivity contribution >= 4 is 11.3 Å². The van der Waals surface area contributed by atoms with Gasteiger partial charge in [-0.3, -0.25) is 0 Å². The van der Waals surface area contributed by atoms with E-state index >= 15 is 0 Å². The molecule has 0 amide bonds. The predicted molar refractivity (Wildman–Crippen MR) is 50.1 cm³/mol. The van der Waals surface area contributed by atoms with Crippen LogP contribution in [0.4, 0.5) is 0 Å². The minimum Gasteiger partial charge on any atom is -0.152 e. The monoisotopic (exact) mass is 164 g/mol. The summed E-state index contributed by atoms with van der Waals surface area (Å²) in [5, 5.41) is 4.57. The molecule has 0 radical (unpaired) electrons. The van der Waals surface area contributed by atoms with E-state index in [1.165, 1.54) is 12.8 Å². The third-order valence-corrected chi connectivity index (χ3v) is 3.31. The molecule has 0 saturated carbocycles. The SMILES string of the molecule is CC1=C(C)Cc2cscc2C1. The number of hydrogen-bond acceptors (Lipinski definition) is 1. The fourth-order valence-corrected chi connectivity index (χ4v) is 2.40. The maximum atomic E-state index is 2.28. The Kier molecular flexibility index (Phi) is 1.61. The van der Waals surface area contributed by atoms with Crippen LogP contribution in [0.1, 0.15) is 25.0 Å². The van der Waals surface area contributed by atoms with Gasteiger partial charge in [-0.05, 0) is 48.6 Å². The van der Waals surface area contributed by atoms with Crippen molar-refractivity contribution in [2.24, 2.45) is 0 Å². The van der Waals surface area contributed by atoms with Crippen LogP contribution in [0.15, 0.2) is 21.9 Å². The molecule has 0 saturated heterocycles. The molecule has 0 bridgehead atoms. The van der Waals surface area contributed by atoms with Crippen molar-refractivity contribution < 1.29 is 0 Å². The van der Waals surface area contributed by atoms with Crippen molar-refractivity contribution in [3.05, 3.63) is 33.0 Å². The average Bonchev–Trinajstić information content (AvgIpc) is 2.36. The third kappa shape index (κ3) is 1.14. The van der Waals surface area contributed by atoms with Crippen LogP contribution < -0.4 is 0 Å². The Morgan fingerprint density at radius 1 is 1.00 bits per heavy atom. The van der Waals surface area contributed by atoms with Gasteiger partial charge in [-0.25, -0.2) is 0 Å². The Balaban J connectivity index is 2.41. The maximum absolute atomic E-state index is 2.28. The highest BCUT2D eigenvalue weighted by Gasteiger charge is 2.12. The van der Waals surface area contributed by atoms with E-state index in [1.54, 1.807) is 22.3 Å². The van der Waals surface area contributed by atoms with Crippen molar-refractivity contribution in [1.29, 1.82) is 0 Å². The van der Waals surface area contributed by atoms with E-state index in [2.05, 4.69) is 24.6 Å². The summed E-state index contributed by atoms with van der Waals surface area (Å²) in [7, 11) is 0. The Morgan fingerprint density at radius 2 is 1.45 bits per heavy atom. The lowest BCUT2D eigenvalue weighted by atomic mass is 9.91. The smallest absolute Gasteiger partial charge is 0.00550 e. The van der Waals surface area contributed by atoms with Crippen molar-refractivity contribution in [2.45, 2.75) is 26.7 Å². The molecular weight excluding hydrogens is 152 g/mol. The van der Waals surface area contributed by atoms with E-state index in [1.807, 2.05) is 11.3 Å². The molecule has 1 aliphatic rings. The first-order valence-corrected chi connectivity index (χ1v) is 4.91. The summed E-state index contributed by atoms with van der Waals surface area (Å²) in [6.07, 6.45) is 2.37. The standard InChI is InChI=1S/C10H12S/c1-7-3-9-5-11-6-10(9)4-8(7)2/h5-6H,3-4H2,1-2H3. The molecule has 11 heavy (non-hydrogen) atoms. The Labute approximate surface area is 71.6 Å². The van der Waals surface area contributed by atoms with Crippen molar-refractivity contribution in [2.75, 3.05) is 0 Å². The van der Waals surface area contributed by atoms with E-state index in [9.17, 15) is 0 Å². The van der Waals surface area contributed by atoms with Gasteiger partial charge in [-0.2, -0.15) is 11.3 Å². The predicted octanol–water partition coefficient (Wildman–Crippen LogP) is 3.18. The molecule has 0 unspecified atom stereocenters. The fraction of sp³-hybridized carbons (Fsp3) is 0.400.